The van der Waals surface area contributed by atoms with Crippen LogP contribution in [0.15, 0.2) is 30.3 Å². The largest absolute Gasteiger partial charge is 0.382 e. The van der Waals surface area contributed by atoms with Crippen molar-refractivity contribution in [1.29, 1.82) is 0 Å². The van der Waals surface area contributed by atoms with E-state index in [0.29, 0.717) is 12.6 Å². The van der Waals surface area contributed by atoms with E-state index in [1.165, 1.54) is 5.69 Å². The van der Waals surface area contributed by atoms with Crippen molar-refractivity contribution in [3.05, 3.63) is 30.3 Å². The van der Waals surface area contributed by atoms with Crippen LogP contribution in [0.25, 0.3) is 0 Å². The molecule has 1 aliphatic rings. The molecule has 0 unspecified atom stereocenters. The fraction of sp³-hybridized carbons (Fsp3) is 0.533. The summed E-state index contributed by atoms with van der Waals surface area (Å²) in [6.45, 7) is 2.53. The molecule has 104 valence electrons. The Morgan fingerprint density at radius 2 is 1.89 bits per heavy atom. The average molecular weight is 261 g/mol. The summed E-state index contributed by atoms with van der Waals surface area (Å²) in [6, 6.07) is 10.8. The Bertz CT molecular complexity index is 397. The zero-order valence-corrected chi connectivity index (χ0v) is 11.8. The smallest absolute Gasteiger partial charge is 0.236 e. The predicted molar refractivity (Wildman–Crippen MR) is 78.2 cm³/mol. The van der Waals surface area contributed by atoms with Crippen molar-refractivity contribution in [2.45, 2.75) is 18.9 Å². The van der Waals surface area contributed by atoms with Crippen LogP contribution in [0, 0.1) is 0 Å². The molecule has 19 heavy (non-hydrogen) atoms. The molecule has 0 spiro atoms. The van der Waals surface area contributed by atoms with Crippen molar-refractivity contribution in [2.24, 2.45) is 0 Å². The number of piperidine rings is 1. The lowest BCUT2D eigenvalue weighted by atomic mass is 10.0. The third-order valence-corrected chi connectivity index (χ3v) is 3.59. The maximum Gasteiger partial charge on any atom is 0.236 e. The van der Waals surface area contributed by atoms with E-state index < -0.39 is 0 Å². The highest BCUT2D eigenvalue weighted by Crippen LogP contribution is 2.16. The molecule has 1 aliphatic heterocycles. The van der Waals surface area contributed by atoms with Gasteiger partial charge >= 0.3 is 0 Å². The molecule has 4 nitrogen and oxygen atoms in total. The number of carbonyl (C=O) groups is 1. The monoisotopic (exact) mass is 261 g/mol. The number of likely N-dealkylation sites (tertiary alicyclic amines) is 1. The number of hydrogen-bond acceptors (Lipinski definition) is 3. The molecule has 0 saturated carbocycles. The molecule has 2 rings (SSSR count). The van der Waals surface area contributed by atoms with Crippen molar-refractivity contribution >= 4 is 11.6 Å². The van der Waals surface area contributed by atoms with Crippen LogP contribution in [0.1, 0.15) is 12.8 Å². The molecule has 4 heteroatoms. The summed E-state index contributed by atoms with van der Waals surface area (Å²) in [4.78, 5) is 15.6. The Kier molecular flexibility index (Phi) is 4.80. The van der Waals surface area contributed by atoms with Gasteiger partial charge in [-0.05, 0) is 25.0 Å². The van der Waals surface area contributed by atoms with Crippen LogP contribution < -0.4 is 5.32 Å². The Labute approximate surface area is 115 Å². The summed E-state index contributed by atoms with van der Waals surface area (Å²) in [5.41, 5.74) is 1.19. The molecule has 0 bridgehead atoms. The number of likely N-dealkylation sites (N-methyl/N-ethyl adjacent to an activating group) is 1. The van der Waals surface area contributed by atoms with Crippen LogP contribution in [0.5, 0.6) is 0 Å². The van der Waals surface area contributed by atoms with Gasteiger partial charge in [-0.1, -0.05) is 18.2 Å². The van der Waals surface area contributed by atoms with Gasteiger partial charge in [0.1, 0.15) is 0 Å². The quantitative estimate of drug-likeness (QED) is 0.895. The number of nitrogens with one attached hydrogen (secondary N) is 1. The second-order valence-electron chi connectivity index (χ2n) is 5.35. The zero-order valence-electron chi connectivity index (χ0n) is 11.8. The third-order valence-electron chi connectivity index (χ3n) is 3.59. The topological polar surface area (TPSA) is 35.6 Å². The molecule has 1 saturated heterocycles. The van der Waals surface area contributed by atoms with E-state index in [4.69, 9.17) is 0 Å². The van der Waals surface area contributed by atoms with Gasteiger partial charge in [0, 0.05) is 38.9 Å². The van der Waals surface area contributed by atoms with E-state index in [0.717, 1.165) is 25.9 Å². The molecule has 1 N–H and O–H groups in total. The zero-order chi connectivity index (χ0) is 13.7. The highest BCUT2D eigenvalue weighted by molar-refractivity contribution is 5.77. The minimum atomic E-state index is 0.189. The molecule has 1 amide bonds. The number of nitrogens with zero attached hydrogens (tertiary/aromatic N) is 2. The normalized spacial score (nSPS) is 17.2. The fourth-order valence-corrected chi connectivity index (χ4v) is 2.34. The number of para-hydroxylation sites is 1. The number of amides is 1. The maximum absolute atomic E-state index is 11.7. The van der Waals surface area contributed by atoms with Crippen molar-refractivity contribution in [2.75, 3.05) is 39.0 Å². The van der Waals surface area contributed by atoms with E-state index in [2.05, 4.69) is 22.3 Å². The maximum atomic E-state index is 11.7. The Morgan fingerprint density at radius 1 is 1.26 bits per heavy atom. The Morgan fingerprint density at radius 3 is 2.47 bits per heavy atom. The molecule has 1 fully saturated rings. The first-order valence-corrected chi connectivity index (χ1v) is 6.89. The van der Waals surface area contributed by atoms with E-state index in [-0.39, 0.29) is 5.91 Å². The van der Waals surface area contributed by atoms with Crippen molar-refractivity contribution in [3.8, 4) is 0 Å². The SMILES string of the molecule is CN(C)C(=O)CN1CCC(Nc2ccccc2)CC1. The average Bonchev–Trinajstić information content (AvgIpc) is 2.42. The van der Waals surface area contributed by atoms with E-state index >= 15 is 0 Å². The van der Waals surface area contributed by atoms with Crippen LogP contribution >= 0.6 is 0 Å². The minimum Gasteiger partial charge on any atom is -0.382 e. The van der Waals surface area contributed by atoms with Crippen molar-refractivity contribution in [1.82, 2.24) is 9.80 Å². The van der Waals surface area contributed by atoms with Crippen molar-refractivity contribution in [3.63, 3.8) is 0 Å². The van der Waals surface area contributed by atoms with Crippen LogP contribution in [0.2, 0.25) is 0 Å². The summed E-state index contributed by atoms with van der Waals surface area (Å²) in [7, 11) is 3.62. The first-order chi connectivity index (χ1) is 9.15. The second-order valence-corrected chi connectivity index (χ2v) is 5.35. The van der Waals surface area contributed by atoms with Crippen LogP contribution in [-0.4, -0.2) is 55.5 Å². The van der Waals surface area contributed by atoms with Gasteiger partial charge < -0.3 is 10.2 Å². The lowest BCUT2D eigenvalue weighted by Crippen LogP contribution is -2.43. The Balaban J connectivity index is 1.75. The van der Waals surface area contributed by atoms with Gasteiger partial charge in [-0.15, -0.1) is 0 Å². The van der Waals surface area contributed by atoms with Gasteiger partial charge in [0.05, 0.1) is 6.54 Å². The summed E-state index contributed by atoms with van der Waals surface area (Å²) < 4.78 is 0. The van der Waals surface area contributed by atoms with E-state index in [9.17, 15) is 4.79 Å². The lowest BCUT2D eigenvalue weighted by molar-refractivity contribution is -0.130. The Hall–Kier alpha value is -1.55. The highest BCUT2D eigenvalue weighted by atomic mass is 16.2. The van der Waals surface area contributed by atoms with E-state index in [1.807, 2.05) is 32.3 Å². The summed E-state index contributed by atoms with van der Waals surface area (Å²) in [6.07, 6.45) is 2.19. The van der Waals surface area contributed by atoms with Gasteiger partial charge in [0.2, 0.25) is 5.91 Å². The number of rotatable bonds is 4. The predicted octanol–water partition coefficient (Wildman–Crippen LogP) is 1.65. The lowest BCUT2D eigenvalue weighted by Gasteiger charge is -2.32. The molecule has 0 aliphatic carbocycles. The third kappa shape index (κ3) is 4.24. The molecule has 0 atom stereocenters. The molecule has 0 radical (unpaired) electrons. The molecule has 1 heterocycles. The summed E-state index contributed by atoms with van der Waals surface area (Å²) >= 11 is 0. The van der Waals surface area contributed by atoms with Gasteiger partial charge in [0.25, 0.3) is 0 Å². The highest BCUT2D eigenvalue weighted by Gasteiger charge is 2.21. The van der Waals surface area contributed by atoms with Crippen molar-refractivity contribution < 1.29 is 4.79 Å². The molecule has 1 aromatic carbocycles. The van der Waals surface area contributed by atoms with Gasteiger partial charge in [0.15, 0.2) is 0 Å². The first kappa shape index (κ1) is 13.9. The molecule has 1 aromatic rings. The number of hydrogen-bond donors (Lipinski definition) is 1. The second kappa shape index (κ2) is 6.57. The first-order valence-electron chi connectivity index (χ1n) is 6.89. The van der Waals surface area contributed by atoms with Crippen LogP contribution in [0.4, 0.5) is 5.69 Å². The van der Waals surface area contributed by atoms with Gasteiger partial charge in [-0.3, -0.25) is 9.69 Å². The molecular weight excluding hydrogens is 238 g/mol. The van der Waals surface area contributed by atoms with Gasteiger partial charge in [-0.2, -0.15) is 0 Å². The van der Waals surface area contributed by atoms with Crippen LogP contribution in [-0.2, 0) is 4.79 Å². The molecular formula is C15H23N3O. The number of anilines is 1. The summed E-state index contributed by atoms with van der Waals surface area (Å²) in [5.74, 6) is 0.189. The summed E-state index contributed by atoms with van der Waals surface area (Å²) in [5, 5.41) is 3.56. The van der Waals surface area contributed by atoms with E-state index in [1.54, 1.807) is 4.90 Å². The molecule has 0 aromatic heterocycles. The van der Waals surface area contributed by atoms with Crippen LogP contribution in [0.3, 0.4) is 0 Å². The number of benzene rings is 1. The number of carbonyl (C=O) groups excluding carboxylic acids is 1. The fourth-order valence-electron chi connectivity index (χ4n) is 2.34. The van der Waals surface area contributed by atoms with Gasteiger partial charge in [-0.25, -0.2) is 0 Å². The standard InChI is InChI=1S/C15H23N3O/c1-17(2)15(19)12-18-10-8-14(9-11-18)16-13-6-4-3-5-7-13/h3-7,14,16H,8-12H2,1-2H3. The minimum absolute atomic E-state index is 0.189.